The van der Waals surface area contributed by atoms with Crippen LogP contribution in [-0.2, 0) is 11.3 Å². The van der Waals surface area contributed by atoms with E-state index < -0.39 is 0 Å². The van der Waals surface area contributed by atoms with Crippen molar-refractivity contribution in [2.75, 3.05) is 7.11 Å². The fourth-order valence-electron chi connectivity index (χ4n) is 1.14. The van der Waals surface area contributed by atoms with E-state index in [9.17, 15) is 0 Å². The van der Waals surface area contributed by atoms with Crippen LogP contribution in [0, 0.1) is 0 Å². The van der Waals surface area contributed by atoms with E-state index in [2.05, 4.69) is 36.1 Å². The Balaban J connectivity index is 2.53. The van der Waals surface area contributed by atoms with Gasteiger partial charge in [-0.15, -0.1) is 0 Å². The van der Waals surface area contributed by atoms with E-state index in [1.54, 1.807) is 7.11 Å². The topological polar surface area (TPSA) is 49.9 Å². The molecule has 15 heavy (non-hydrogen) atoms. The molecule has 4 heteroatoms. The zero-order valence-corrected chi connectivity index (χ0v) is 10.2. The Hall–Kier alpha value is -0.870. The molecule has 1 aromatic heterocycles. The van der Waals surface area contributed by atoms with Crippen molar-refractivity contribution < 1.29 is 4.74 Å². The minimum atomic E-state index is 0.0217. The molecule has 1 heterocycles. The standard InChI is InChI=1S/C11H21N3O/c1-8(15-5)10-12-6-9(14-10)7-13-11(2,3)4/h6,8,13H,7H2,1-5H3,(H,12,14). The van der Waals surface area contributed by atoms with Gasteiger partial charge in [0.25, 0.3) is 0 Å². The number of methoxy groups -OCH3 is 1. The van der Waals surface area contributed by atoms with Crippen molar-refractivity contribution in [1.82, 2.24) is 15.3 Å². The first-order chi connectivity index (χ1) is 6.92. The van der Waals surface area contributed by atoms with Crippen LogP contribution in [0.15, 0.2) is 6.20 Å². The number of hydrogen-bond donors (Lipinski definition) is 2. The Bertz CT molecular complexity index is 301. The van der Waals surface area contributed by atoms with Gasteiger partial charge in [-0.2, -0.15) is 0 Å². The van der Waals surface area contributed by atoms with Gasteiger partial charge in [0.2, 0.25) is 0 Å². The van der Waals surface area contributed by atoms with E-state index in [0.717, 1.165) is 18.1 Å². The van der Waals surface area contributed by atoms with Gasteiger partial charge in [0.05, 0.1) is 0 Å². The number of rotatable bonds is 4. The van der Waals surface area contributed by atoms with E-state index in [-0.39, 0.29) is 11.6 Å². The van der Waals surface area contributed by atoms with E-state index in [4.69, 9.17) is 4.74 Å². The fourth-order valence-corrected chi connectivity index (χ4v) is 1.14. The van der Waals surface area contributed by atoms with Gasteiger partial charge in [-0.1, -0.05) is 0 Å². The molecule has 0 saturated carbocycles. The Morgan fingerprint density at radius 3 is 2.73 bits per heavy atom. The van der Waals surface area contributed by atoms with Crippen molar-refractivity contribution in [3.05, 3.63) is 17.7 Å². The molecule has 0 amide bonds. The van der Waals surface area contributed by atoms with Gasteiger partial charge in [0.1, 0.15) is 11.9 Å². The third kappa shape index (κ3) is 4.01. The quantitative estimate of drug-likeness (QED) is 0.801. The Morgan fingerprint density at radius 1 is 1.53 bits per heavy atom. The highest BCUT2D eigenvalue weighted by Gasteiger charge is 2.11. The average Bonchev–Trinajstić information content (AvgIpc) is 2.61. The van der Waals surface area contributed by atoms with Crippen LogP contribution in [-0.4, -0.2) is 22.6 Å². The third-order valence-electron chi connectivity index (χ3n) is 2.20. The van der Waals surface area contributed by atoms with Crippen molar-refractivity contribution in [2.24, 2.45) is 0 Å². The smallest absolute Gasteiger partial charge is 0.135 e. The Morgan fingerprint density at radius 2 is 2.20 bits per heavy atom. The molecule has 0 aliphatic heterocycles. The van der Waals surface area contributed by atoms with Crippen LogP contribution in [0.2, 0.25) is 0 Å². The van der Waals surface area contributed by atoms with Crippen LogP contribution in [0.4, 0.5) is 0 Å². The number of hydrogen-bond acceptors (Lipinski definition) is 3. The van der Waals surface area contributed by atoms with Crippen molar-refractivity contribution in [3.63, 3.8) is 0 Å². The molecular weight excluding hydrogens is 190 g/mol. The second-order valence-corrected chi connectivity index (χ2v) is 4.78. The lowest BCUT2D eigenvalue weighted by Gasteiger charge is -2.19. The minimum absolute atomic E-state index is 0.0217. The molecule has 1 aromatic rings. The summed E-state index contributed by atoms with van der Waals surface area (Å²) >= 11 is 0. The maximum absolute atomic E-state index is 5.18. The molecule has 0 bridgehead atoms. The van der Waals surface area contributed by atoms with Gasteiger partial charge in [0, 0.05) is 31.1 Å². The summed E-state index contributed by atoms with van der Waals surface area (Å²) in [5.41, 5.74) is 1.21. The van der Waals surface area contributed by atoms with Gasteiger partial charge < -0.3 is 15.0 Å². The van der Waals surface area contributed by atoms with Gasteiger partial charge in [-0.3, -0.25) is 0 Å². The summed E-state index contributed by atoms with van der Waals surface area (Å²) in [7, 11) is 1.68. The van der Waals surface area contributed by atoms with Gasteiger partial charge in [0.15, 0.2) is 0 Å². The summed E-state index contributed by atoms with van der Waals surface area (Å²) in [6.07, 6.45) is 1.87. The third-order valence-corrected chi connectivity index (χ3v) is 2.20. The van der Waals surface area contributed by atoms with Gasteiger partial charge >= 0.3 is 0 Å². The molecule has 0 aliphatic carbocycles. The normalized spacial score (nSPS) is 14.2. The summed E-state index contributed by atoms with van der Waals surface area (Å²) in [6, 6.07) is 0. The summed E-state index contributed by atoms with van der Waals surface area (Å²) in [6.45, 7) is 9.19. The van der Waals surface area contributed by atoms with Gasteiger partial charge in [-0.25, -0.2) is 4.98 Å². The van der Waals surface area contributed by atoms with Crippen LogP contribution in [0.5, 0.6) is 0 Å². The second kappa shape index (κ2) is 4.77. The monoisotopic (exact) mass is 211 g/mol. The lowest BCUT2D eigenvalue weighted by molar-refractivity contribution is 0.112. The average molecular weight is 211 g/mol. The van der Waals surface area contributed by atoms with Crippen molar-refractivity contribution in [3.8, 4) is 0 Å². The van der Waals surface area contributed by atoms with Crippen LogP contribution < -0.4 is 5.32 Å². The molecule has 0 radical (unpaired) electrons. The first-order valence-electron chi connectivity index (χ1n) is 5.24. The lowest BCUT2D eigenvalue weighted by atomic mass is 10.1. The highest BCUT2D eigenvalue weighted by atomic mass is 16.5. The molecule has 0 fully saturated rings. The number of ether oxygens (including phenoxy) is 1. The van der Waals surface area contributed by atoms with Crippen LogP contribution >= 0.6 is 0 Å². The summed E-state index contributed by atoms with van der Waals surface area (Å²) in [4.78, 5) is 7.50. The molecule has 1 rings (SSSR count). The van der Waals surface area contributed by atoms with Gasteiger partial charge in [-0.05, 0) is 27.7 Å². The van der Waals surface area contributed by atoms with Crippen LogP contribution in [0.3, 0.4) is 0 Å². The number of aromatic nitrogens is 2. The fraction of sp³-hybridized carbons (Fsp3) is 0.727. The molecule has 0 aromatic carbocycles. The molecule has 4 nitrogen and oxygen atoms in total. The van der Waals surface area contributed by atoms with E-state index >= 15 is 0 Å². The predicted octanol–water partition coefficient (Wildman–Crippen LogP) is 2.01. The summed E-state index contributed by atoms with van der Waals surface area (Å²) < 4.78 is 5.18. The first-order valence-corrected chi connectivity index (χ1v) is 5.24. The predicted molar refractivity (Wildman–Crippen MR) is 60.6 cm³/mol. The highest BCUT2D eigenvalue weighted by Crippen LogP contribution is 2.11. The zero-order chi connectivity index (χ0) is 11.5. The maximum atomic E-state index is 5.18. The molecule has 86 valence electrons. The molecule has 1 atom stereocenters. The van der Waals surface area contributed by atoms with E-state index in [0.29, 0.717) is 0 Å². The first kappa shape index (κ1) is 12.2. The molecule has 0 spiro atoms. The van der Waals surface area contributed by atoms with Crippen LogP contribution in [0.25, 0.3) is 0 Å². The van der Waals surface area contributed by atoms with Crippen molar-refractivity contribution in [1.29, 1.82) is 0 Å². The van der Waals surface area contributed by atoms with E-state index in [1.165, 1.54) is 0 Å². The second-order valence-electron chi connectivity index (χ2n) is 4.78. The van der Waals surface area contributed by atoms with E-state index in [1.807, 2.05) is 13.1 Å². The largest absolute Gasteiger partial charge is 0.374 e. The number of nitrogens with zero attached hydrogens (tertiary/aromatic N) is 1. The number of H-pyrrole nitrogens is 1. The number of aromatic amines is 1. The molecule has 0 saturated heterocycles. The zero-order valence-electron chi connectivity index (χ0n) is 10.2. The molecule has 0 aliphatic rings. The number of imidazole rings is 1. The number of nitrogens with one attached hydrogen (secondary N) is 2. The van der Waals surface area contributed by atoms with Crippen LogP contribution in [0.1, 0.15) is 45.3 Å². The molecule has 1 unspecified atom stereocenters. The minimum Gasteiger partial charge on any atom is -0.374 e. The highest BCUT2D eigenvalue weighted by molar-refractivity contribution is 5.03. The lowest BCUT2D eigenvalue weighted by Crippen LogP contribution is -2.35. The molecule has 2 N–H and O–H groups in total. The summed E-state index contributed by atoms with van der Waals surface area (Å²) in [5.74, 6) is 0.878. The Kier molecular flexibility index (Phi) is 3.88. The van der Waals surface area contributed by atoms with Crippen molar-refractivity contribution in [2.45, 2.75) is 45.9 Å². The summed E-state index contributed by atoms with van der Waals surface area (Å²) in [5, 5.41) is 3.40. The molecular formula is C11H21N3O. The Labute approximate surface area is 91.4 Å². The SMILES string of the molecule is COC(C)c1ncc(CNC(C)(C)C)[nH]1. The van der Waals surface area contributed by atoms with Crippen molar-refractivity contribution >= 4 is 0 Å². The maximum Gasteiger partial charge on any atom is 0.135 e.